The maximum atomic E-state index is 6.17. The van der Waals surface area contributed by atoms with Crippen LogP contribution in [0.15, 0.2) is 0 Å². The molecule has 1 aliphatic heterocycles. The Kier molecular flexibility index (Phi) is 3.06. The third-order valence-corrected chi connectivity index (χ3v) is 4.57. The molecule has 14 heavy (non-hydrogen) atoms. The second-order valence-electron chi connectivity index (χ2n) is 5.22. The highest BCUT2D eigenvalue weighted by Crippen LogP contribution is 2.44. The number of rotatable bonds is 3. The summed E-state index contributed by atoms with van der Waals surface area (Å²) in [6.07, 6.45) is 2.33. The molecule has 0 amide bonds. The molecule has 2 nitrogen and oxygen atoms in total. The van der Waals surface area contributed by atoms with E-state index in [4.69, 9.17) is 16.3 Å². The van der Waals surface area contributed by atoms with Crippen LogP contribution in [0.4, 0.5) is 0 Å². The van der Waals surface area contributed by atoms with E-state index in [0.29, 0.717) is 11.4 Å². The number of halogens is 1. The molecule has 82 valence electrons. The fraction of sp³-hybridized carbons (Fsp3) is 1.00. The molecule has 1 saturated carbocycles. The average molecular weight is 218 g/mol. The molecule has 3 atom stereocenters. The third kappa shape index (κ3) is 1.93. The van der Waals surface area contributed by atoms with Crippen LogP contribution in [0.5, 0.6) is 0 Å². The summed E-state index contributed by atoms with van der Waals surface area (Å²) in [5, 5.41) is 3.96. The first-order chi connectivity index (χ1) is 6.60. The van der Waals surface area contributed by atoms with Gasteiger partial charge in [-0.3, -0.25) is 0 Å². The molecule has 1 heterocycles. The highest BCUT2D eigenvalue weighted by atomic mass is 35.5. The number of hydrogen-bond acceptors (Lipinski definition) is 2. The van der Waals surface area contributed by atoms with Gasteiger partial charge in [-0.2, -0.15) is 0 Å². The first-order valence-electron chi connectivity index (χ1n) is 5.56. The van der Waals surface area contributed by atoms with Gasteiger partial charge in [-0.05, 0) is 24.2 Å². The summed E-state index contributed by atoms with van der Waals surface area (Å²) in [5.74, 6) is 0.722. The minimum absolute atomic E-state index is 0.265. The smallest absolute Gasteiger partial charge is 0.0507 e. The lowest BCUT2D eigenvalue weighted by Gasteiger charge is -2.49. The molecule has 0 spiro atoms. The molecule has 3 heteroatoms. The van der Waals surface area contributed by atoms with E-state index in [1.165, 1.54) is 6.42 Å². The van der Waals surface area contributed by atoms with Gasteiger partial charge in [-0.15, -0.1) is 11.6 Å². The van der Waals surface area contributed by atoms with Crippen molar-refractivity contribution in [3.05, 3.63) is 0 Å². The van der Waals surface area contributed by atoms with Crippen molar-refractivity contribution in [2.45, 2.75) is 38.1 Å². The second kappa shape index (κ2) is 3.99. The van der Waals surface area contributed by atoms with Gasteiger partial charge in [0.1, 0.15) is 0 Å². The summed E-state index contributed by atoms with van der Waals surface area (Å²) in [5.41, 5.74) is 0.265. The quantitative estimate of drug-likeness (QED) is 0.731. The zero-order valence-corrected chi connectivity index (χ0v) is 9.81. The van der Waals surface area contributed by atoms with Gasteiger partial charge in [-0.25, -0.2) is 0 Å². The first kappa shape index (κ1) is 10.7. The highest BCUT2D eigenvalue weighted by molar-refractivity contribution is 6.21. The fourth-order valence-corrected chi connectivity index (χ4v) is 2.60. The Balaban J connectivity index is 1.71. The Bertz CT molecular complexity index is 201. The predicted molar refractivity (Wildman–Crippen MR) is 58.8 cm³/mol. The Morgan fingerprint density at radius 1 is 1.50 bits per heavy atom. The Hall–Kier alpha value is 0.210. The summed E-state index contributed by atoms with van der Waals surface area (Å²) >= 11 is 6.17. The van der Waals surface area contributed by atoms with Crippen molar-refractivity contribution >= 4 is 11.6 Å². The van der Waals surface area contributed by atoms with Crippen LogP contribution in [0.25, 0.3) is 0 Å². The van der Waals surface area contributed by atoms with Gasteiger partial charge >= 0.3 is 0 Å². The number of nitrogens with one attached hydrogen (secondary N) is 1. The van der Waals surface area contributed by atoms with Crippen molar-refractivity contribution in [1.29, 1.82) is 0 Å². The molecular formula is C11H20ClNO. The van der Waals surface area contributed by atoms with Crippen LogP contribution in [0.3, 0.4) is 0 Å². The van der Waals surface area contributed by atoms with Crippen LogP contribution in [0, 0.1) is 11.3 Å². The van der Waals surface area contributed by atoms with Crippen molar-refractivity contribution in [1.82, 2.24) is 5.32 Å². The lowest BCUT2D eigenvalue weighted by atomic mass is 9.66. The van der Waals surface area contributed by atoms with Gasteiger partial charge in [0.2, 0.25) is 0 Å². The van der Waals surface area contributed by atoms with Crippen molar-refractivity contribution in [2.24, 2.45) is 11.3 Å². The van der Waals surface area contributed by atoms with Gasteiger partial charge in [0.25, 0.3) is 0 Å². The molecule has 0 aromatic heterocycles. The standard InChI is InChI=1S/C11H20ClNO/c1-11(2)9(12)5-10(11)13-6-8-3-4-14-7-8/h8-10,13H,3-7H2,1-2H3. The summed E-state index contributed by atoms with van der Waals surface area (Å²) in [4.78, 5) is 0. The zero-order valence-electron chi connectivity index (χ0n) is 9.05. The highest BCUT2D eigenvalue weighted by Gasteiger charge is 2.46. The van der Waals surface area contributed by atoms with Crippen LogP contribution in [0.1, 0.15) is 26.7 Å². The number of alkyl halides is 1. The monoisotopic (exact) mass is 217 g/mol. The van der Waals surface area contributed by atoms with Crippen molar-refractivity contribution < 1.29 is 4.74 Å². The molecule has 1 N–H and O–H groups in total. The first-order valence-corrected chi connectivity index (χ1v) is 5.99. The SMILES string of the molecule is CC1(C)C(Cl)CC1NCC1CCOC1. The Labute approximate surface area is 91.3 Å². The van der Waals surface area contributed by atoms with E-state index in [9.17, 15) is 0 Å². The van der Waals surface area contributed by atoms with E-state index in [1.807, 2.05) is 0 Å². The van der Waals surface area contributed by atoms with Crippen LogP contribution in [-0.4, -0.2) is 31.2 Å². The molecule has 0 bridgehead atoms. The molecule has 0 radical (unpaired) electrons. The van der Waals surface area contributed by atoms with Gasteiger partial charge in [0, 0.05) is 24.6 Å². The van der Waals surface area contributed by atoms with Crippen molar-refractivity contribution in [2.75, 3.05) is 19.8 Å². The molecule has 1 saturated heterocycles. The molecule has 2 aliphatic rings. The van der Waals surface area contributed by atoms with Crippen LogP contribution in [0.2, 0.25) is 0 Å². The Morgan fingerprint density at radius 2 is 2.29 bits per heavy atom. The molecular weight excluding hydrogens is 198 g/mol. The van der Waals surface area contributed by atoms with Crippen molar-refractivity contribution in [3.8, 4) is 0 Å². The van der Waals surface area contributed by atoms with Crippen LogP contribution in [-0.2, 0) is 4.74 Å². The van der Waals surface area contributed by atoms with Crippen molar-refractivity contribution in [3.63, 3.8) is 0 Å². The molecule has 1 aliphatic carbocycles. The number of hydrogen-bond donors (Lipinski definition) is 1. The molecule has 3 unspecified atom stereocenters. The van der Waals surface area contributed by atoms with E-state index in [2.05, 4.69) is 19.2 Å². The third-order valence-electron chi connectivity index (χ3n) is 3.82. The largest absolute Gasteiger partial charge is 0.381 e. The lowest BCUT2D eigenvalue weighted by Crippen LogP contribution is -2.58. The van der Waals surface area contributed by atoms with Crippen LogP contribution < -0.4 is 5.32 Å². The van der Waals surface area contributed by atoms with E-state index >= 15 is 0 Å². The van der Waals surface area contributed by atoms with E-state index in [1.54, 1.807) is 0 Å². The minimum Gasteiger partial charge on any atom is -0.381 e. The maximum absolute atomic E-state index is 6.17. The van der Waals surface area contributed by atoms with Crippen LogP contribution >= 0.6 is 11.6 Å². The van der Waals surface area contributed by atoms with Gasteiger partial charge in [-0.1, -0.05) is 13.8 Å². The van der Waals surface area contributed by atoms with Gasteiger partial charge in [0.15, 0.2) is 0 Å². The summed E-state index contributed by atoms with van der Waals surface area (Å²) < 4.78 is 5.35. The normalized spacial score (nSPS) is 40.9. The second-order valence-corrected chi connectivity index (χ2v) is 5.74. The number of ether oxygens (including phenoxy) is 1. The summed E-state index contributed by atoms with van der Waals surface area (Å²) in [6.45, 7) is 7.47. The predicted octanol–water partition coefficient (Wildman–Crippen LogP) is 2.02. The average Bonchev–Trinajstić information content (AvgIpc) is 2.64. The fourth-order valence-electron chi connectivity index (χ4n) is 2.27. The molecule has 0 aromatic rings. The van der Waals surface area contributed by atoms with E-state index < -0.39 is 0 Å². The van der Waals surface area contributed by atoms with Gasteiger partial charge in [0.05, 0.1) is 6.61 Å². The molecule has 2 rings (SSSR count). The molecule has 0 aromatic carbocycles. The van der Waals surface area contributed by atoms with E-state index in [-0.39, 0.29) is 5.41 Å². The van der Waals surface area contributed by atoms with E-state index in [0.717, 1.165) is 32.1 Å². The maximum Gasteiger partial charge on any atom is 0.0507 e. The van der Waals surface area contributed by atoms with Gasteiger partial charge < -0.3 is 10.1 Å². The molecule has 2 fully saturated rings. The zero-order chi connectivity index (χ0) is 10.2. The Morgan fingerprint density at radius 3 is 2.79 bits per heavy atom. The topological polar surface area (TPSA) is 21.3 Å². The summed E-state index contributed by atoms with van der Waals surface area (Å²) in [6, 6.07) is 0.602. The summed E-state index contributed by atoms with van der Waals surface area (Å²) in [7, 11) is 0. The minimum atomic E-state index is 0.265. The lowest BCUT2D eigenvalue weighted by molar-refractivity contribution is 0.110.